The quantitative estimate of drug-likeness (QED) is 0.611. The summed E-state index contributed by atoms with van der Waals surface area (Å²) >= 11 is 0. The maximum Gasteiger partial charge on any atom is 0.228 e. The molecule has 0 atom stereocenters. The lowest BCUT2D eigenvalue weighted by Gasteiger charge is -2.56. The molecule has 168 valence electrons. The van der Waals surface area contributed by atoms with E-state index in [9.17, 15) is 9.59 Å². The first-order valence-corrected chi connectivity index (χ1v) is 11.1. The molecule has 2 N–H and O–H groups in total. The van der Waals surface area contributed by atoms with Crippen LogP contribution in [0.4, 0.5) is 22.9 Å². The standard InChI is InChI=1S/C24H28N4O4/c1-3-20(29)16-10-25-21(27-23(30)15-7-8-15)9-18(16)26-17-5-4-6-19(22(17)31-2)28-11-24(12-28)13-32-14-24/h4-6,9-10,15H,3,7-8,11-14H2,1-2H3,(H2,25,26,27,30). The Balaban J connectivity index is 1.43. The monoisotopic (exact) mass is 436 g/mol. The van der Waals surface area contributed by atoms with Crippen LogP contribution in [0.5, 0.6) is 5.75 Å². The van der Waals surface area contributed by atoms with Crippen LogP contribution in [0.25, 0.3) is 0 Å². The predicted octanol–water partition coefficient (Wildman–Crippen LogP) is 3.61. The average Bonchev–Trinajstić information content (AvgIpc) is 3.57. The van der Waals surface area contributed by atoms with Gasteiger partial charge in [0.2, 0.25) is 5.91 Å². The molecule has 2 aromatic rings. The summed E-state index contributed by atoms with van der Waals surface area (Å²) in [5.74, 6) is 1.18. The first-order valence-electron chi connectivity index (χ1n) is 11.1. The molecule has 0 bridgehead atoms. The van der Waals surface area contributed by atoms with E-state index in [0.717, 1.165) is 56.3 Å². The van der Waals surface area contributed by atoms with E-state index in [1.54, 1.807) is 13.2 Å². The highest BCUT2D eigenvalue weighted by molar-refractivity contribution is 6.03. The van der Waals surface area contributed by atoms with Crippen LogP contribution < -0.4 is 20.3 Å². The fourth-order valence-corrected chi connectivity index (χ4v) is 4.35. The minimum Gasteiger partial charge on any atom is -0.492 e. The topological polar surface area (TPSA) is 92.8 Å². The normalized spacial score (nSPS) is 18.5. The van der Waals surface area contributed by atoms with Crippen LogP contribution in [0.2, 0.25) is 0 Å². The Labute approximate surface area is 187 Å². The molecule has 8 nitrogen and oxygen atoms in total. The van der Waals surface area contributed by atoms with Gasteiger partial charge in [-0.05, 0) is 25.0 Å². The number of methoxy groups -OCH3 is 1. The summed E-state index contributed by atoms with van der Waals surface area (Å²) in [5, 5.41) is 6.23. The molecule has 32 heavy (non-hydrogen) atoms. The number of nitrogens with zero attached hydrogens (tertiary/aromatic N) is 2. The Morgan fingerprint density at radius 1 is 1.25 bits per heavy atom. The van der Waals surface area contributed by atoms with Gasteiger partial charge in [-0.3, -0.25) is 9.59 Å². The van der Waals surface area contributed by atoms with E-state index < -0.39 is 0 Å². The van der Waals surface area contributed by atoms with Crippen molar-refractivity contribution in [3.8, 4) is 5.75 Å². The van der Waals surface area contributed by atoms with Gasteiger partial charge in [0.25, 0.3) is 0 Å². The number of ether oxygens (including phenoxy) is 2. The zero-order valence-electron chi connectivity index (χ0n) is 18.4. The SMILES string of the molecule is CCC(=O)c1cnc(NC(=O)C2CC2)cc1Nc1cccc(N2CC3(COC3)C2)c1OC. The van der Waals surface area contributed by atoms with Crippen molar-refractivity contribution < 1.29 is 19.1 Å². The number of benzene rings is 1. The molecule has 1 aromatic carbocycles. The molecule has 3 fully saturated rings. The molecule has 1 saturated carbocycles. The highest BCUT2D eigenvalue weighted by Gasteiger charge is 2.49. The number of Topliss-reactive ketones (excluding diaryl/α,β-unsaturated/α-hetero) is 1. The molecule has 0 unspecified atom stereocenters. The summed E-state index contributed by atoms with van der Waals surface area (Å²) in [7, 11) is 1.65. The number of anilines is 4. The molecule has 1 amide bonds. The molecule has 3 heterocycles. The summed E-state index contributed by atoms with van der Waals surface area (Å²) < 4.78 is 11.2. The smallest absolute Gasteiger partial charge is 0.228 e. The Hall–Kier alpha value is -3.13. The molecule has 2 aliphatic heterocycles. The molecule has 1 spiro atoms. The van der Waals surface area contributed by atoms with E-state index >= 15 is 0 Å². The van der Waals surface area contributed by atoms with Crippen molar-refractivity contribution in [3.63, 3.8) is 0 Å². The summed E-state index contributed by atoms with van der Waals surface area (Å²) in [4.78, 5) is 31.3. The number of pyridine rings is 1. The fourth-order valence-electron chi connectivity index (χ4n) is 4.35. The summed E-state index contributed by atoms with van der Waals surface area (Å²) in [5.41, 5.74) is 3.13. The second-order valence-corrected chi connectivity index (χ2v) is 8.99. The number of carbonyl (C=O) groups is 2. The van der Waals surface area contributed by atoms with Crippen LogP contribution in [0.1, 0.15) is 36.5 Å². The lowest BCUT2D eigenvalue weighted by atomic mass is 9.77. The van der Waals surface area contributed by atoms with Gasteiger partial charge in [0.15, 0.2) is 11.5 Å². The molecular formula is C24H28N4O4. The summed E-state index contributed by atoms with van der Waals surface area (Å²) in [6.07, 6.45) is 3.72. The van der Waals surface area contributed by atoms with Crippen LogP contribution >= 0.6 is 0 Å². The van der Waals surface area contributed by atoms with Gasteiger partial charge in [-0.2, -0.15) is 0 Å². The third-order valence-corrected chi connectivity index (χ3v) is 6.40. The van der Waals surface area contributed by atoms with E-state index in [2.05, 4.69) is 20.5 Å². The maximum atomic E-state index is 12.6. The van der Waals surface area contributed by atoms with E-state index in [1.807, 2.05) is 25.1 Å². The number of rotatable bonds is 8. The number of hydrogen-bond acceptors (Lipinski definition) is 7. The Bertz CT molecular complexity index is 1050. The van der Waals surface area contributed by atoms with Crippen LogP contribution in [-0.2, 0) is 9.53 Å². The zero-order valence-corrected chi connectivity index (χ0v) is 18.4. The zero-order chi connectivity index (χ0) is 22.3. The third-order valence-electron chi connectivity index (χ3n) is 6.40. The minimum absolute atomic E-state index is 0.0233. The van der Waals surface area contributed by atoms with Gasteiger partial charge in [0, 0.05) is 37.7 Å². The third kappa shape index (κ3) is 3.79. The number of aromatic nitrogens is 1. The van der Waals surface area contributed by atoms with Crippen molar-refractivity contribution in [2.45, 2.75) is 26.2 Å². The Kier molecular flexibility index (Phi) is 5.25. The van der Waals surface area contributed by atoms with Crippen molar-refractivity contribution in [1.29, 1.82) is 0 Å². The number of nitrogens with one attached hydrogen (secondary N) is 2. The van der Waals surface area contributed by atoms with Crippen LogP contribution in [0, 0.1) is 11.3 Å². The van der Waals surface area contributed by atoms with Gasteiger partial charge in [0.1, 0.15) is 5.82 Å². The lowest BCUT2D eigenvalue weighted by Crippen LogP contribution is -2.66. The first kappa shape index (κ1) is 20.8. The molecule has 5 rings (SSSR count). The van der Waals surface area contributed by atoms with Gasteiger partial charge < -0.3 is 25.0 Å². The number of carbonyl (C=O) groups excluding carboxylic acids is 2. The van der Waals surface area contributed by atoms with Crippen LogP contribution in [0.15, 0.2) is 30.5 Å². The van der Waals surface area contributed by atoms with Gasteiger partial charge in [-0.15, -0.1) is 0 Å². The van der Waals surface area contributed by atoms with Gasteiger partial charge in [-0.1, -0.05) is 13.0 Å². The molecule has 8 heteroatoms. The van der Waals surface area contributed by atoms with Crippen molar-refractivity contribution in [2.75, 3.05) is 48.9 Å². The number of ketones is 1. The fraction of sp³-hybridized carbons (Fsp3) is 0.458. The molecule has 1 aliphatic carbocycles. The van der Waals surface area contributed by atoms with Crippen molar-refractivity contribution in [1.82, 2.24) is 4.98 Å². The number of para-hydroxylation sites is 1. The molecule has 2 saturated heterocycles. The number of amides is 1. The second kappa shape index (κ2) is 8.09. The van der Waals surface area contributed by atoms with Crippen molar-refractivity contribution >= 4 is 34.6 Å². The molecule has 1 aromatic heterocycles. The van der Waals surface area contributed by atoms with Gasteiger partial charge in [0.05, 0.1) is 48.4 Å². The molecule has 3 aliphatic rings. The van der Waals surface area contributed by atoms with Gasteiger partial charge >= 0.3 is 0 Å². The highest BCUT2D eigenvalue weighted by atomic mass is 16.5. The van der Waals surface area contributed by atoms with E-state index in [4.69, 9.17) is 9.47 Å². The van der Waals surface area contributed by atoms with Crippen LogP contribution in [0.3, 0.4) is 0 Å². The minimum atomic E-state index is -0.0238. The highest BCUT2D eigenvalue weighted by Crippen LogP contribution is 2.46. The number of hydrogen-bond donors (Lipinski definition) is 2. The largest absolute Gasteiger partial charge is 0.492 e. The maximum absolute atomic E-state index is 12.6. The summed E-state index contributed by atoms with van der Waals surface area (Å²) in [6.45, 7) is 5.34. The lowest BCUT2D eigenvalue weighted by molar-refractivity contribution is -0.127. The second-order valence-electron chi connectivity index (χ2n) is 8.99. The summed E-state index contributed by atoms with van der Waals surface area (Å²) in [6, 6.07) is 7.66. The average molecular weight is 437 g/mol. The molecule has 0 radical (unpaired) electrons. The van der Waals surface area contributed by atoms with E-state index in [1.165, 1.54) is 6.20 Å². The first-order chi connectivity index (χ1) is 15.5. The predicted molar refractivity (Wildman–Crippen MR) is 122 cm³/mol. The van der Waals surface area contributed by atoms with Crippen molar-refractivity contribution in [2.24, 2.45) is 11.3 Å². The van der Waals surface area contributed by atoms with E-state index in [0.29, 0.717) is 23.5 Å². The Morgan fingerprint density at radius 2 is 2.03 bits per heavy atom. The van der Waals surface area contributed by atoms with Crippen molar-refractivity contribution in [3.05, 3.63) is 36.0 Å². The van der Waals surface area contributed by atoms with Crippen LogP contribution in [-0.4, -0.2) is 50.1 Å². The van der Waals surface area contributed by atoms with E-state index in [-0.39, 0.29) is 23.0 Å². The van der Waals surface area contributed by atoms with Gasteiger partial charge in [-0.25, -0.2) is 4.98 Å². The molecular weight excluding hydrogens is 408 g/mol. The Morgan fingerprint density at radius 3 is 2.66 bits per heavy atom.